The molecule has 0 saturated heterocycles. The van der Waals surface area contributed by atoms with Gasteiger partial charge in [-0.05, 0) is 24.6 Å². The van der Waals surface area contributed by atoms with Crippen molar-refractivity contribution in [3.05, 3.63) is 59.9 Å². The Bertz CT molecular complexity index is 540. The summed E-state index contributed by atoms with van der Waals surface area (Å²) in [5.41, 5.74) is 8.39. The molecule has 0 spiro atoms. The van der Waals surface area contributed by atoms with Crippen molar-refractivity contribution in [2.45, 2.75) is 13.0 Å². The maximum atomic E-state index is 5.57. The lowest BCUT2D eigenvalue weighted by atomic mass is 10.1. The molecule has 3 N–H and O–H groups in total. The number of nitrogens with one attached hydrogen (secondary N) is 1. The Morgan fingerprint density at radius 1 is 1.28 bits per heavy atom. The number of nitrogens with zero attached hydrogens (tertiary/aromatic N) is 1. The van der Waals surface area contributed by atoms with E-state index in [1.54, 1.807) is 6.20 Å². The zero-order valence-corrected chi connectivity index (χ0v) is 10.9. The Morgan fingerprint density at radius 2 is 2.00 bits per heavy atom. The van der Waals surface area contributed by atoms with Crippen molar-refractivity contribution in [3.8, 4) is 0 Å². The summed E-state index contributed by atoms with van der Waals surface area (Å²) in [5.74, 6) is 0. The number of anilines is 1. The lowest BCUT2D eigenvalue weighted by molar-refractivity contribution is 0.884. The number of nitrogens with two attached hydrogens (primary N) is 1. The van der Waals surface area contributed by atoms with Gasteiger partial charge in [0.25, 0.3) is 0 Å². The first-order valence-electron chi connectivity index (χ1n) is 5.74. The number of aromatic nitrogens is 1. The number of rotatable bonds is 4. The van der Waals surface area contributed by atoms with Gasteiger partial charge < -0.3 is 11.1 Å². The van der Waals surface area contributed by atoms with Crippen LogP contribution in [0.1, 0.15) is 24.2 Å². The van der Waals surface area contributed by atoms with Crippen molar-refractivity contribution in [3.63, 3.8) is 0 Å². The molecule has 1 unspecified atom stereocenters. The molecule has 4 heteroatoms. The summed E-state index contributed by atoms with van der Waals surface area (Å²) >= 11 is 4.92. The number of pyridine rings is 1. The van der Waals surface area contributed by atoms with Crippen molar-refractivity contribution in [2.24, 2.45) is 5.73 Å². The van der Waals surface area contributed by atoms with Gasteiger partial charge in [-0.2, -0.15) is 0 Å². The minimum Gasteiger partial charge on any atom is -0.388 e. The Balaban J connectivity index is 2.14. The van der Waals surface area contributed by atoms with Gasteiger partial charge in [-0.3, -0.25) is 4.98 Å². The fraction of sp³-hybridized carbons (Fsp3) is 0.143. The molecule has 0 fully saturated rings. The molecule has 2 aromatic rings. The molecular formula is C14H15N3S. The standard InChI is InChI=1S/C14H15N3S/c1-10(11-5-3-2-4-6-11)17-12-7-8-16-13(9-12)14(15)18/h2-10H,1H3,(H2,15,18)(H,16,17). The van der Waals surface area contributed by atoms with Gasteiger partial charge in [0.05, 0.1) is 5.69 Å². The van der Waals surface area contributed by atoms with Gasteiger partial charge in [0.1, 0.15) is 4.99 Å². The summed E-state index contributed by atoms with van der Waals surface area (Å²) in [6.07, 6.45) is 1.70. The lowest BCUT2D eigenvalue weighted by Crippen LogP contribution is -2.13. The molecule has 18 heavy (non-hydrogen) atoms. The van der Waals surface area contributed by atoms with Crippen molar-refractivity contribution in [1.82, 2.24) is 4.98 Å². The van der Waals surface area contributed by atoms with Crippen LogP contribution in [0.15, 0.2) is 48.7 Å². The molecule has 0 aliphatic heterocycles. The van der Waals surface area contributed by atoms with Crippen LogP contribution in [0.4, 0.5) is 5.69 Å². The van der Waals surface area contributed by atoms with Crippen LogP contribution in [-0.2, 0) is 0 Å². The van der Waals surface area contributed by atoms with Gasteiger partial charge in [-0.1, -0.05) is 42.5 Å². The van der Waals surface area contributed by atoms with Crippen LogP contribution in [0.5, 0.6) is 0 Å². The van der Waals surface area contributed by atoms with Crippen molar-refractivity contribution in [2.75, 3.05) is 5.32 Å². The minimum absolute atomic E-state index is 0.216. The summed E-state index contributed by atoms with van der Waals surface area (Å²) in [6, 6.07) is 14.2. The number of hydrogen-bond acceptors (Lipinski definition) is 3. The highest BCUT2D eigenvalue weighted by molar-refractivity contribution is 7.80. The van der Waals surface area contributed by atoms with E-state index in [-0.39, 0.29) is 6.04 Å². The van der Waals surface area contributed by atoms with E-state index in [0.29, 0.717) is 10.7 Å². The van der Waals surface area contributed by atoms with E-state index in [1.165, 1.54) is 5.56 Å². The third-order valence-corrected chi connectivity index (χ3v) is 2.90. The molecule has 0 amide bonds. The molecule has 1 heterocycles. The molecule has 0 aliphatic rings. The summed E-state index contributed by atoms with van der Waals surface area (Å²) in [7, 11) is 0. The Kier molecular flexibility index (Phi) is 3.89. The molecular weight excluding hydrogens is 242 g/mol. The van der Waals surface area contributed by atoms with Crippen LogP contribution in [0, 0.1) is 0 Å². The molecule has 1 atom stereocenters. The van der Waals surface area contributed by atoms with Gasteiger partial charge in [-0.15, -0.1) is 0 Å². The minimum atomic E-state index is 0.216. The predicted molar refractivity (Wildman–Crippen MR) is 78.6 cm³/mol. The first kappa shape index (κ1) is 12.5. The molecule has 92 valence electrons. The van der Waals surface area contributed by atoms with Crippen LogP contribution in [0.25, 0.3) is 0 Å². The average Bonchev–Trinajstić information content (AvgIpc) is 2.40. The normalized spacial score (nSPS) is 11.8. The molecule has 1 aromatic carbocycles. The molecule has 1 aromatic heterocycles. The largest absolute Gasteiger partial charge is 0.388 e. The van der Waals surface area contributed by atoms with Crippen LogP contribution >= 0.6 is 12.2 Å². The summed E-state index contributed by atoms with van der Waals surface area (Å²) in [6.45, 7) is 2.11. The van der Waals surface area contributed by atoms with Gasteiger partial charge in [0.2, 0.25) is 0 Å². The first-order chi connectivity index (χ1) is 8.66. The van der Waals surface area contributed by atoms with E-state index in [4.69, 9.17) is 18.0 Å². The van der Waals surface area contributed by atoms with E-state index in [2.05, 4.69) is 29.4 Å². The van der Waals surface area contributed by atoms with Gasteiger partial charge in [0.15, 0.2) is 0 Å². The highest BCUT2D eigenvalue weighted by Gasteiger charge is 2.05. The van der Waals surface area contributed by atoms with Crippen molar-refractivity contribution < 1.29 is 0 Å². The zero-order chi connectivity index (χ0) is 13.0. The highest BCUT2D eigenvalue weighted by Crippen LogP contribution is 2.18. The highest BCUT2D eigenvalue weighted by atomic mass is 32.1. The Hall–Kier alpha value is -1.94. The molecule has 2 rings (SSSR count). The van der Waals surface area contributed by atoms with E-state index in [1.807, 2.05) is 30.3 Å². The van der Waals surface area contributed by atoms with Gasteiger partial charge >= 0.3 is 0 Å². The smallest absolute Gasteiger partial charge is 0.122 e. The molecule has 0 aliphatic carbocycles. The van der Waals surface area contributed by atoms with E-state index in [9.17, 15) is 0 Å². The second kappa shape index (κ2) is 5.60. The van der Waals surface area contributed by atoms with Gasteiger partial charge in [0, 0.05) is 17.9 Å². The Labute approximate surface area is 112 Å². The predicted octanol–water partition coefficient (Wildman–Crippen LogP) is 2.89. The van der Waals surface area contributed by atoms with Crippen LogP contribution in [0.3, 0.4) is 0 Å². The van der Waals surface area contributed by atoms with Crippen LogP contribution in [0.2, 0.25) is 0 Å². The first-order valence-corrected chi connectivity index (χ1v) is 6.15. The van der Waals surface area contributed by atoms with Crippen molar-refractivity contribution >= 4 is 22.9 Å². The van der Waals surface area contributed by atoms with E-state index < -0.39 is 0 Å². The molecule has 0 radical (unpaired) electrons. The Morgan fingerprint density at radius 3 is 2.67 bits per heavy atom. The summed E-state index contributed by atoms with van der Waals surface area (Å²) in [5, 5.41) is 3.40. The summed E-state index contributed by atoms with van der Waals surface area (Å²) < 4.78 is 0. The topological polar surface area (TPSA) is 50.9 Å². The lowest BCUT2D eigenvalue weighted by Gasteiger charge is -2.15. The number of hydrogen-bond donors (Lipinski definition) is 2. The zero-order valence-electron chi connectivity index (χ0n) is 10.1. The monoisotopic (exact) mass is 257 g/mol. The molecule has 3 nitrogen and oxygen atoms in total. The average molecular weight is 257 g/mol. The number of thiocarbonyl (C=S) groups is 1. The van der Waals surface area contributed by atoms with E-state index in [0.717, 1.165) is 5.69 Å². The quantitative estimate of drug-likeness (QED) is 0.827. The summed E-state index contributed by atoms with van der Waals surface area (Å²) in [4.78, 5) is 4.42. The van der Waals surface area contributed by atoms with Crippen LogP contribution in [-0.4, -0.2) is 9.97 Å². The molecule has 0 saturated carbocycles. The SMILES string of the molecule is CC(Nc1ccnc(C(N)=S)c1)c1ccccc1. The fourth-order valence-electron chi connectivity index (χ4n) is 1.73. The maximum absolute atomic E-state index is 5.57. The number of benzene rings is 1. The maximum Gasteiger partial charge on any atom is 0.122 e. The molecule has 0 bridgehead atoms. The third kappa shape index (κ3) is 3.05. The van der Waals surface area contributed by atoms with Crippen molar-refractivity contribution in [1.29, 1.82) is 0 Å². The van der Waals surface area contributed by atoms with Gasteiger partial charge in [-0.25, -0.2) is 0 Å². The third-order valence-electron chi connectivity index (χ3n) is 2.70. The van der Waals surface area contributed by atoms with Crippen LogP contribution < -0.4 is 11.1 Å². The fourth-order valence-corrected chi connectivity index (χ4v) is 1.84. The second-order valence-electron chi connectivity index (χ2n) is 4.07. The van der Waals surface area contributed by atoms with E-state index >= 15 is 0 Å². The second-order valence-corrected chi connectivity index (χ2v) is 4.51.